The Kier molecular flexibility index (Phi) is 5.14. The van der Waals surface area contributed by atoms with Crippen LogP contribution in [0.2, 0.25) is 10.0 Å². The molecule has 0 aliphatic heterocycles. The summed E-state index contributed by atoms with van der Waals surface area (Å²) in [5.74, 6) is 5.71. The van der Waals surface area contributed by atoms with Crippen molar-refractivity contribution in [2.24, 2.45) is 0 Å². The topological polar surface area (TPSA) is 55.1 Å². The number of rotatable bonds is 2. The quantitative estimate of drug-likeness (QED) is 0.493. The number of carbonyl (C=O) groups is 1. The Labute approximate surface area is 110 Å². The summed E-state index contributed by atoms with van der Waals surface area (Å²) in [6.07, 6.45) is 0.553. The fraction of sp³-hybridized carbons (Fsp3) is 0.250. The second kappa shape index (κ2) is 6.39. The standard InChI is InChI=1S/C12H12Cl2N2O/c1-8(17)16-7-3-2-4-9-5-6-10(15)12(14)11(9)13/h5-6H,3,7,15H2,1H3,(H,16,17). The molecule has 0 saturated carbocycles. The second-order valence-electron chi connectivity index (χ2n) is 3.37. The predicted octanol–water partition coefficient (Wildman–Crippen LogP) is 2.45. The Morgan fingerprint density at radius 2 is 2.12 bits per heavy atom. The van der Waals surface area contributed by atoms with E-state index in [-0.39, 0.29) is 5.91 Å². The molecular weight excluding hydrogens is 259 g/mol. The van der Waals surface area contributed by atoms with Gasteiger partial charge in [-0.1, -0.05) is 35.0 Å². The molecule has 0 heterocycles. The van der Waals surface area contributed by atoms with Crippen LogP contribution < -0.4 is 11.1 Å². The lowest BCUT2D eigenvalue weighted by Crippen LogP contribution is -2.20. The van der Waals surface area contributed by atoms with Gasteiger partial charge in [0, 0.05) is 25.5 Å². The smallest absolute Gasteiger partial charge is 0.216 e. The minimum absolute atomic E-state index is 0.0691. The van der Waals surface area contributed by atoms with Crippen LogP contribution in [0.5, 0.6) is 0 Å². The molecule has 1 aromatic carbocycles. The summed E-state index contributed by atoms with van der Waals surface area (Å²) in [4.78, 5) is 10.6. The normalized spacial score (nSPS) is 9.35. The van der Waals surface area contributed by atoms with E-state index >= 15 is 0 Å². The Morgan fingerprint density at radius 3 is 2.76 bits per heavy atom. The number of nitrogen functional groups attached to an aromatic ring is 1. The molecule has 90 valence electrons. The van der Waals surface area contributed by atoms with Gasteiger partial charge in [-0.25, -0.2) is 0 Å². The van der Waals surface area contributed by atoms with E-state index in [1.807, 2.05) is 0 Å². The molecule has 1 aromatic rings. The number of carbonyl (C=O) groups excluding carboxylic acids is 1. The van der Waals surface area contributed by atoms with Gasteiger partial charge >= 0.3 is 0 Å². The highest BCUT2D eigenvalue weighted by atomic mass is 35.5. The molecule has 0 aliphatic rings. The molecule has 0 fully saturated rings. The van der Waals surface area contributed by atoms with Crippen molar-refractivity contribution in [3.8, 4) is 11.8 Å². The van der Waals surface area contributed by atoms with Crippen LogP contribution >= 0.6 is 23.2 Å². The van der Waals surface area contributed by atoms with Crippen LogP contribution in [0.3, 0.4) is 0 Å². The van der Waals surface area contributed by atoms with E-state index in [1.165, 1.54) is 6.92 Å². The average molecular weight is 271 g/mol. The SMILES string of the molecule is CC(=O)NCCC#Cc1ccc(N)c(Cl)c1Cl. The monoisotopic (exact) mass is 270 g/mol. The van der Waals surface area contributed by atoms with Crippen LogP contribution in [0.1, 0.15) is 18.9 Å². The minimum Gasteiger partial charge on any atom is -0.397 e. The summed E-state index contributed by atoms with van der Waals surface area (Å²) in [6, 6.07) is 3.38. The highest BCUT2D eigenvalue weighted by molar-refractivity contribution is 6.44. The van der Waals surface area contributed by atoms with Crippen molar-refractivity contribution in [1.29, 1.82) is 0 Å². The Bertz CT molecular complexity index is 489. The number of nitrogens with two attached hydrogens (primary N) is 1. The van der Waals surface area contributed by atoms with Gasteiger partial charge in [-0.2, -0.15) is 0 Å². The molecular formula is C12H12Cl2N2O. The molecule has 3 nitrogen and oxygen atoms in total. The van der Waals surface area contributed by atoms with Crippen molar-refractivity contribution in [2.45, 2.75) is 13.3 Å². The zero-order valence-corrected chi connectivity index (χ0v) is 10.8. The first-order valence-corrected chi connectivity index (χ1v) is 5.74. The summed E-state index contributed by atoms with van der Waals surface area (Å²) in [7, 11) is 0. The van der Waals surface area contributed by atoms with Gasteiger partial charge in [-0.3, -0.25) is 4.79 Å². The Morgan fingerprint density at radius 1 is 1.41 bits per heavy atom. The summed E-state index contributed by atoms with van der Waals surface area (Å²) in [5.41, 5.74) is 6.65. The minimum atomic E-state index is -0.0691. The lowest BCUT2D eigenvalue weighted by molar-refractivity contribution is -0.118. The van der Waals surface area contributed by atoms with E-state index in [0.29, 0.717) is 34.3 Å². The molecule has 1 amide bonds. The van der Waals surface area contributed by atoms with Crippen molar-refractivity contribution in [3.05, 3.63) is 27.7 Å². The highest BCUT2D eigenvalue weighted by Crippen LogP contribution is 2.30. The van der Waals surface area contributed by atoms with E-state index < -0.39 is 0 Å². The third-order valence-electron chi connectivity index (χ3n) is 1.96. The predicted molar refractivity (Wildman–Crippen MR) is 71.1 cm³/mol. The van der Waals surface area contributed by atoms with Crippen LogP contribution in [0.25, 0.3) is 0 Å². The summed E-state index contributed by atoms with van der Waals surface area (Å²) < 4.78 is 0. The molecule has 17 heavy (non-hydrogen) atoms. The molecule has 0 unspecified atom stereocenters. The van der Waals surface area contributed by atoms with E-state index in [9.17, 15) is 4.79 Å². The lowest BCUT2D eigenvalue weighted by Gasteiger charge is -2.02. The summed E-state index contributed by atoms with van der Waals surface area (Å²) >= 11 is 11.9. The first-order chi connectivity index (χ1) is 8.02. The van der Waals surface area contributed by atoms with Crippen LogP contribution in [0, 0.1) is 11.8 Å². The molecule has 0 spiro atoms. The van der Waals surface area contributed by atoms with E-state index in [0.717, 1.165) is 0 Å². The molecule has 0 aliphatic carbocycles. The van der Waals surface area contributed by atoms with Crippen molar-refractivity contribution in [1.82, 2.24) is 5.32 Å². The largest absolute Gasteiger partial charge is 0.397 e. The fourth-order valence-electron chi connectivity index (χ4n) is 1.12. The van der Waals surface area contributed by atoms with Gasteiger partial charge in [0.05, 0.1) is 15.7 Å². The molecule has 5 heteroatoms. The summed E-state index contributed by atoms with van der Waals surface area (Å²) in [5, 5.41) is 3.33. The van der Waals surface area contributed by atoms with Gasteiger partial charge in [-0.05, 0) is 12.1 Å². The van der Waals surface area contributed by atoms with Crippen molar-refractivity contribution in [2.75, 3.05) is 12.3 Å². The van der Waals surface area contributed by atoms with E-state index in [4.69, 9.17) is 28.9 Å². The van der Waals surface area contributed by atoms with E-state index in [2.05, 4.69) is 17.2 Å². The average Bonchev–Trinajstić information content (AvgIpc) is 2.28. The molecule has 0 bridgehead atoms. The zero-order chi connectivity index (χ0) is 12.8. The number of hydrogen-bond acceptors (Lipinski definition) is 2. The molecule has 3 N–H and O–H groups in total. The van der Waals surface area contributed by atoms with Gasteiger partial charge < -0.3 is 11.1 Å². The maximum atomic E-state index is 10.6. The molecule has 0 radical (unpaired) electrons. The van der Waals surface area contributed by atoms with Gasteiger partial charge in [0.1, 0.15) is 0 Å². The number of hydrogen-bond donors (Lipinski definition) is 2. The van der Waals surface area contributed by atoms with Crippen LogP contribution in [-0.2, 0) is 4.79 Å². The number of halogens is 2. The molecule has 0 atom stereocenters. The van der Waals surface area contributed by atoms with Crippen LogP contribution in [0.4, 0.5) is 5.69 Å². The van der Waals surface area contributed by atoms with Gasteiger partial charge in [0.2, 0.25) is 5.91 Å². The van der Waals surface area contributed by atoms with Gasteiger partial charge in [0.25, 0.3) is 0 Å². The van der Waals surface area contributed by atoms with E-state index in [1.54, 1.807) is 12.1 Å². The fourth-order valence-corrected chi connectivity index (χ4v) is 1.50. The van der Waals surface area contributed by atoms with Crippen LogP contribution in [-0.4, -0.2) is 12.5 Å². The Balaban J connectivity index is 2.66. The molecule has 1 rings (SSSR count). The third kappa shape index (κ3) is 4.18. The maximum Gasteiger partial charge on any atom is 0.216 e. The number of nitrogens with one attached hydrogen (secondary N) is 1. The van der Waals surface area contributed by atoms with Crippen molar-refractivity contribution in [3.63, 3.8) is 0 Å². The first kappa shape index (κ1) is 13.7. The molecule has 0 saturated heterocycles. The number of amides is 1. The van der Waals surface area contributed by atoms with Crippen LogP contribution in [0.15, 0.2) is 12.1 Å². The van der Waals surface area contributed by atoms with Gasteiger partial charge in [-0.15, -0.1) is 0 Å². The number of anilines is 1. The Hall–Kier alpha value is -1.37. The zero-order valence-electron chi connectivity index (χ0n) is 9.31. The van der Waals surface area contributed by atoms with Crippen molar-refractivity contribution < 1.29 is 4.79 Å². The highest BCUT2D eigenvalue weighted by Gasteiger charge is 2.05. The second-order valence-corrected chi connectivity index (χ2v) is 4.12. The lowest BCUT2D eigenvalue weighted by atomic mass is 10.2. The summed E-state index contributed by atoms with van der Waals surface area (Å²) in [6.45, 7) is 1.98. The van der Waals surface area contributed by atoms with Crippen molar-refractivity contribution >= 4 is 34.8 Å². The first-order valence-electron chi connectivity index (χ1n) is 4.99. The molecule has 0 aromatic heterocycles. The van der Waals surface area contributed by atoms with Gasteiger partial charge in [0.15, 0.2) is 0 Å². The maximum absolute atomic E-state index is 10.6. The third-order valence-corrected chi connectivity index (χ3v) is 2.86. The number of benzene rings is 1.